The fourth-order valence-electron chi connectivity index (χ4n) is 1.57. The van der Waals surface area contributed by atoms with Gasteiger partial charge in [0.1, 0.15) is 11.5 Å². The molecule has 0 bridgehead atoms. The van der Waals surface area contributed by atoms with Gasteiger partial charge in [-0.3, -0.25) is 4.79 Å². The molecular formula is C14H19N3O2. The lowest BCUT2D eigenvalue weighted by atomic mass is 10.1. The Balaban J connectivity index is 2.59. The lowest BCUT2D eigenvalue weighted by Crippen LogP contribution is -2.18. The predicted molar refractivity (Wildman–Crippen MR) is 74.5 cm³/mol. The first-order valence-electron chi connectivity index (χ1n) is 6.10. The maximum Gasteiger partial charge on any atom is 0.225 e. The van der Waals surface area contributed by atoms with Crippen LogP contribution in [-0.4, -0.2) is 31.2 Å². The molecule has 0 aliphatic carbocycles. The molecule has 0 aliphatic heterocycles. The fraction of sp³-hybridized carbons (Fsp3) is 0.429. The van der Waals surface area contributed by atoms with Gasteiger partial charge in [-0.2, -0.15) is 0 Å². The highest BCUT2D eigenvalue weighted by molar-refractivity contribution is 5.89. The first-order valence-corrected chi connectivity index (χ1v) is 6.10. The molecule has 1 rings (SSSR count). The van der Waals surface area contributed by atoms with Gasteiger partial charge >= 0.3 is 0 Å². The van der Waals surface area contributed by atoms with E-state index in [1.165, 1.54) is 0 Å². The van der Waals surface area contributed by atoms with Crippen molar-refractivity contribution >= 4 is 11.7 Å². The monoisotopic (exact) mass is 261 g/mol. The van der Waals surface area contributed by atoms with Crippen molar-refractivity contribution in [3.63, 3.8) is 0 Å². The summed E-state index contributed by atoms with van der Waals surface area (Å²) in [5.41, 5.74) is 5.89. The average Bonchev–Trinajstić information content (AvgIpc) is 2.36. The zero-order valence-corrected chi connectivity index (χ0v) is 11.3. The Morgan fingerprint density at radius 3 is 3.05 bits per heavy atom. The number of nitrogens with two attached hydrogens (primary N) is 1. The third-order valence-corrected chi connectivity index (χ3v) is 2.32. The molecule has 0 fully saturated rings. The Hall–Kier alpha value is -1.90. The number of anilines is 1. The van der Waals surface area contributed by atoms with Gasteiger partial charge in [0.25, 0.3) is 0 Å². The zero-order chi connectivity index (χ0) is 14.1. The molecule has 0 aliphatic rings. The lowest BCUT2D eigenvalue weighted by Gasteiger charge is -2.10. The maximum atomic E-state index is 11.8. The fourth-order valence-corrected chi connectivity index (χ4v) is 1.57. The maximum absolute atomic E-state index is 11.8. The van der Waals surface area contributed by atoms with E-state index in [1.807, 2.05) is 6.92 Å². The van der Waals surface area contributed by atoms with Crippen LogP contribution in [0.2, 0.25) is 0 Å². The molecule has 19 heavy (non-hydrogen) atoms. The van der Waals surface area contributed by atoms with Crippen molar-refractivity contribution in [3.8, 4) is 11.8 Å². The number of pyridine rings is 1. The van der Waals surface area contributed by atoms with Crippen LogP contribution in [0.4, 0.5) is 5.82 Å². The van der Waals surface area contributed by atoms with Crippen LogP contribution in [0.1, 0.15) is 19.0 Å². The van der Waals surface area contributed by atoms with Crippen LogP contribution < -0.4 is 11.1 Å². The minimum absolute atomic E-state index is 0.0824. The van der Waals surface area contributed by atoms with E-state index in [9.17, 15) is 4.79 Å². The van der Waals surface area contributed by atoms with Crippen molar-refractivity contribution in [2.75, 3.05) is 25.6 Å². The average molecular weight is 261 g/mol. The van der Waals surface area contributed by atoms with Crippen LogP contribution in [0, 0.1) is 17.8 Å². The molecule has 0 saturated carbocycles. The Morgan fingerprint density at radius 1 is 1.58 bits per heavy atom. The van der Waals surface area contributed by atoms with Gasteiger partial charge in [-0.1, -0.05) is 18.9 Å². The van der Waals surface area contributed by atoms with Crippen LogP contribution in [0.5, 0.6) is 0 Å². The van der Waals surface area contributed by atoms with Crippen molar-refractivity contribution in [1.29, 1.82) is 0 Å². The van der Waals surface area contributed by atoms with Gasteiger partial charge in [0.05, 0.1) is 6.54 Å². The third-order valence-electron chi connectivity index (χ3n) is 2.32. The van der Waals surface area contributed by atoms with Gasteiger partial charge in [-0.25, -0.2) is 4.98 Å². The number of carbonyl (C=O) groups is 1. The Kier molecular flexibility index (Phi) is 6.58. The number of ether oxygens (including phenoxy) is 1. The van der Waals surface area contributed by atoms with E-state index in [0.29, 0.717) is 24.5 Å². The molecule has 1 aromatic rings. The minimum Gasteiger partial charge on any atom is -0.384 e. The summed E-state index contributed by atoms with van der Waals surface area (Å²) >= 11 is 0. The number of amides is 1. The zero-order valence-electron chi connectivity index (χ0n) is 11.3. The van der Waals surface area contributed by atoms with E-state index in [4.69, 9.17) is 10.5 Å². The molecule has 1 aromatic heterocycles. The quantitative estimate of drug-likeness (QED) is 0.775. The first kappa shape index (κ1) is 15.2. The summed E-state index contributed by atoms with van der Waals surface area (Å²) in [4.78, 5) is 16.0. The van der Waals surface area contributed by atoms with E-state index in [-0.39, 0.29) is 18.4 Å². The molecule has 0 aromatic carbocycles. The molecule has 5 heteroatoms. The highest BCUT2D eigenvalue weighted by Crippen LogP contribution is 2.07. The molecule has 0 saturated heterocycles. The van der Waals surface area contributed by atoms with E-state index in [2.05, 4.69) is 22.1 Å². The lowest BCUT2D eigenvalue weighted by molar-refractivity contribution is -0.117. The number of carbonyl (C=O) groups excluding carboxylic acids is 1. The number of rotatable bonds is 5. The molecular weight excluding hydrogens is 242 g/mol. The number of hydrogen-bond donors (Lipinski definition) is 2. The van der Waals surface area contributed by atoms with E-state index in [1.54, 1.807) is 25.3 Å². The summed E-state index contributed by atoms with van der Waals surface area (Å²) in [7, 11) is 1.62. The van der Waals surface area contributed by atoms with Crippen LogP contribution in [0.25, 0.3) is 0 Å². The van der Waals surface area contributed by atoms with Crippen LogP contribution in [0.15, 0.2) is 18.2 Å². The molecule has 1 unspecified atom stereocenters. The van der Waals surface area contributed by atoms with Gasteiger partial charge in [0.2, 0.25) is 5.91 Å². The normalized spacial score (nSPS) is 11.3. The van der Waals surface area contributed by atoms with Crippen molar-refractivity contribution in [2.45, 2.75) is 13.3 Å². The van der Waals surface area contributed by atoms with Gasteiger partial charge in [-0.15, -0.1) is 0 Å². The van der Waals surface area contributed by atoms with Crippen molar-refractivity contribution < 1.29 is 9.53 Å². The van der Waals surface area contributed by atoms with Gasteiger partial charge in [0, 0.05) is 20.1 Å². The predicted octanol–water partition coefficient (Wildman–Crippen LogP) is 1.00. The van der Waals surface area contributed by atoms with Gasteiger partial charge < -0.3 is 15.8 Å². The molecule has 0 radical (unpaired) electrons. The summed E-state index contributed by atoms with van der Waals surface area (Å²) < 4.78 is 4.99. The summed E-state index contributed by atoms with van der Waals surface area (Å²) in [5.74, 6) is 6.13. The molecule has 1 atom stereocenters. The summed E-state index contributed by atoms with van der Waals surface area (Å²) in [6.07, 6.45) is 0.397. The van der Waals surface area contributed by atoms with Crippen molar-refractivity contribution in [3.05, 3.63) is 23.9 Å². The molecule has 0 spiro atoms. The van der Waals surface area contributed by atoms with E-state index in [0.717, 1.165) is 0 Å². The molecule has 1 amide bonds. The van der Waals surface area contributed by atoms with Gasteiger partial charge in [-0.05, 0) is 24.0 Å². The van der Waals surface area contributed by atoms with Crippen LogP contribution in [-0.2, 0) is 9.53 Å². The van der Waals surface area contributed by atoms with Crippen molar-refractivity contribution in [1.82, 2.24) is 4.98 Å². The Labute approximate surface area is 113 Å². The highest BCUT2D eigenvalue weighted by Gasteiger charge is 2.09. The smallest absolute Gasteiger partial charge is 0.225 e. The third kappa shape index (κ3) is 6.00. The number of nitrogens with one attached hydrogen (secondary N) is 1. The highest BCUT2D eigenvalue weighted by atomic mass is 16.5. The van der Waals surface area contributed by atoms with E-state index < -0.39 is 0 Å². The second kappa shape index (κ2) is 8.25. The Bertz CT molecular complexity index is 477. The SMILES string of the molecule is COCC(C)CC(=O)Nc1cccc(C#CCN)n1. The largest absolute Gasteiger partial charge is 0.384 e. The molecule has 5 nitrogen and oxygen atoms in total. The van der Waals surface area contributed by atoms with E-state index >= 15 is 0 Å². The van der Waals surface area contributed by atoms with Crippen molar-refractivity contribution in [2.24, 2.45) is 11.7 Å². The van der Waals surface area contributed by atoms with Crippen LogP contribution in [0.3, 0.4) is 0 Å². The molecule has 1 heterocycles. The minimum atomic E-state index is -0.0824. The number of hydrogen-bond acceptors (Lipinski definition) is 4. The summed E-state index contributed by atoms with van der Waals surface area (Å²) in [6, 6.07) is 5.29. The molecule has 102 valence electrons. The second-order valence-electron chi connectivity index (χ2n) is 4.23. The second-order valence-corrected chi connectivity index (χ2v) is 4.23. The number of aromatic nitrogens is 1. The topological polar surface area (TPSA) is 77.2 Å². The summed E-state index contributed by atoms with van der Waals surface area (Å²) in [6.45, 7) is 2.80. The standard InChI is InChI=1S/C14H19N3O2/c1-11(10-19-2)9-14(18)17-13-7-3-5-12(16-13)6-4-8-15/h3,5,7,11H,8-10,15H2,1-2H3,(H,16,17,18). The van der Waals surface area contributed by atoms with Crippen LogP contribution >= 0.6 is 0 Å². The first-order chi connectivity index (χ1) is 9.15. The molecule has 3 N–H and O–H groups in total. The number of methoxy groups -OCH3 is 1. The number of nitrogens with zero attached hydrogens (tertiary/aromatic N) is 1. The summed E-state index contributed by atoms with van der Waals surface area (Å²) in [5, 5.41) is 2.74. The van der Waals surface area contributed by atoms with Gasteiger partial charge in [0.15, 0.2) is 0 Å². The Morgan fingerprint density at radius 2 is 2.37 bits per heavy atom.